The molecule has 1 N–H and O–H groups in total. The van der Waals surface area contributed by atoms with Gasteiger partial charge in [0.1, 0.15) is 0 Å². The Labute approximate surface area is 158 Å². The zero-order valence-electron chi connectivity index (χ0n) is 15.4. The van der Waals surface area contributed by atoms with E-state index in [1.165, 1.54) is 24.1 Å². The normalized spacial score (nSPS) is 9.59. The van der Waals surface area contributed by atoms with Gasteiger partial charge in [-0.15, -0.1) is 0 Å². The average Bonchev–Trinajstić information content (AvgIpc) is 2.70. The van der Waals surface area contributed by atoms with Gasteiger partial charge >= 0.3 is 5.97 Å². The predicted molar refractivity (Wildman–Crippen MR) is 101 cm³/mol. The summed E-state index contributed by atoms with van der Waals surface area (Å²) in [5, 5.41) is 2.69. The minimum Gasteiger partial charge on any atom is -0.465 e. The Bertz CT molecular complexity index is 889. The summed E-state index contributed by atoms with van der Waals surface area (Å²) in [6.07, 6.45) is 0. The summed E-state index contributed by atoms with van der Waals surface area (Å²) in [6, 6.07) is 13.1. The molecular weight excluding hydrogens is 344 g/mol. The zero-order valence-corrected chi connectivity index (χ0v) is 15.4. The number of carbonyl (C=O) groups is 3. The molecule has 0 spiro atoms. The maximum absolute atomic E-state index is 12.1. The number of esters is 1. The number of hydrogen-bond acceptors (Lipinski definition) is 4. The van der Waals surface area contributed by atoms with Crippen LogP contribution in [0.1, 0.15) is 36.6 Å². The van der Waals surface area contributed by atoms with Crippen molar-refractivity contribution in [3.63, 3.8) is 0 Å². The molecule has 0 saturated carbocycles. The van der Waals surface area contributed by atoms with Crippen molar-refractivity contribution >= 4 is 17.8 Å². The van der Waals surface area contributed by atoms with Gasteiger partial charge in [-0.3, -0.25) is 9.59 Å². The van der Waals surface area contributed by atoms with Crippen LogP contribution in [-0.2, 0) is 4.74 Å². The van der Waals surface area contributed by atoms with E-state index in [2.05, 4.69) is 21.9 Å². The molecule has 0 heterocycles. The van der Waals surface area contributed by atoms with Crippen molar-refractivity contribution in [2.24, 2.45) is 0 Å². The Hall–Kier alpha value is -3.59. The van der Waals surface area contributed by atoms with Gasteiger partial charge in [0, 0.05) is 30.8 Å². The molecule has 0 aliphatic heterocycles. The van der Waals surface area contributed by atoms with Gasteiger partial charge in [0.2, 0.25) is 0 Å². The Balaban J connectivity index is 1.90. The second-order valence-electron chi connectivity index (χ2n) is 5.83. The van der Waals surface area contributed by atoms with Crippen molar-refractivity contribution in [3.05, 3.63) is 70.8 Å². The summed E-state index contributed by atoms with van der Waals surface area (Å²) in [6.45, 7) is 0.177. The zero-order chi connectivity index (χ0) is 19.8. The first-order valence-corrected chi connectivity index (χ1v) is 8.19. The Morgan fingerprint density at radius 3 is 2.04 bits per heavy atom. The summed E-state index contributed by atoms with van der Waals surface area (Å²) in [5.41, 5.74) is 2.15. The predicted octanol–water partition coefficient (Wildman–Crippen LogP) is 1.96. The smallest absolute Gasteiger partial charge is 0.337 e. The van der Waals surface area contributed by atoms with Crippen molar-refractivity contribution in [2.45, 2.75) is 0 Å². The van der Waals surface area contributed by atoms with E-state index in [-0.39, 0.29) is 18.4 Å². The number of ether oxygens (including phenoxy) is 1. The third kappa shape index (κ3) is 5.44. The first-order valence-electron chi connectivity index (χ1n) is 8.19. The van der Waals surface area contributed by atoms with Crippen LogP contribution in [0, 0.1) is 11.8 Å². The van der Waals surface area contributed by atoms with Crippen LogP contribution >= 0.6 is 0 Å². The molecule has 0 bridgehead atoms. The Kier molecular flexibility index (Phi) is 6.73. The fourth-order valence-corrected chi connectivity index (χ4v) is 2.20. The lowest BCUT2D eigenvalue weighted by Crippen LogP contribution is -2.23. The first-order chi connectivity index (χ1) is 12.9. The molecule has 138 valence electrons. The van der Waals surface area contributed by atoms with E-state index < -0.39 is 5.97 Å². The van der Waals surface area contributed by atoms with Crippen LogP contribution in [0.3, 0.4) is 0 Å². The minimum atomic E-state index is -0.453. The maximum Gasteiger partial charge on any atom is 0.337 e. The molecule has 0 atom stereocenters. The van der Waals surface area contributed by atoms with Gasteiger partial charge in [0.15, 0.2) is 0 Å². The van der Waals surface area contributed by atoms with Crippen LogP contribution < -0.4 is 5.32 Å². The van der Waals surface area contributed by atoms with E-state index in [1.807, 2.05) is 0 Å². The van der Waals surface area contributed by atoms with E-state index in [0.29, 0.717) is 16.7 Å². The molecule has 0 aliphatic rings. The summed E-state index contributed by atoms with van der Waals surface area (Å²) >= 11 is 0. The van der Waals surface area contributed by atoms with Gasteiger partial charge < -0.3 is 15.0 Å². The van der Waals surface area contributed by atoms with Crippen LogP contribution in [0.2, 0.25) is 0 Å². The molecule has 0 unspecified atom stereocenters. The third-order valence-corrected chi connectivity index (χ3v) is 3.68. The van der Waals surface area contributed by atoms with Crippen molar-refractivity contribution in [1.29, 1.82) is 0 Å². The maximum atomic E-state index is 12.1. The molecule has 2 aromatic rings. The highest BCUT2D eigenvalue weighted by molar-refractivity contribution is 5.96. The second kappa shape index (κ2) is 9.20. The van der Waals surface area contributed by atoms with Gasteiger partial charge in [0.05, 0.1) is 19.2 Å². The molecule has 2 amide bonds. The lowest BCUT2D eigenvalue weighted by atomic mass is 10.1. The van der Waals surface area contributed by atoms with Crippen molar-refractivity contribution < 1.29 is 19.1 Å². The minimum absolute atomic E-state index is 0.0695. The molecule has 0 radical (unpaired) electrons. The number of hydrogen-bond donors (Lipinski definition) is 1. The Morgan fingerprint density at radius 1 is 0.926 bits per heavy atom. The number of rotatable bonds is 4. The van der Waals surface area contributed by atoms with Gasteiger partial charge in [-0.1, -0.05) is 11.8 Å². The molecule has 27 heavy (non-hydrogen) atoms. The largest absolute Gasteiger partial charge is 0.465 e. The van der Waals surface area contributed by atoms with Gasteiger partial charge in [-0.2, -0.15) is 0 Å². The fourth-order valence-electron chi connectivity index (χ4n) is 2.20. The molecule has 2 rings (SSSR count). The second-order valence-corrected chi connectivity index (χ2v) is 5.83. The molecule has 0 aromatic heterocycles. The number of nitrogens with one attached hydrogen (secondary N) is 1. The highest BCUT2D eigenvalue weighted by Gasteiger charge is 2.08. The monoisotopic (exact) mass is 364 g/mol. The number of benzene rings is 2. The van der Waals surface area contributed by atoms with Crippen molar-refractivity contribution in [1.82, 2.24) is 10.2 Å². The highest BCUT2D eigenvalue weighted by Crippen LogP contribution is 2.06. The molecular formula is C21H20N2O4. The molecule has 2 aromatic carbocycles. The van der Waals surface area contributed by atoms with E-state index in [9.17, 15) is 14.4 Å². The number of nitrogens with zero attached hydrogens (tertiary/aromatic N) is 1. The standard InChI is InChI=1S/C21H20N2O4/c1-23(2)20(25)17-8-6-15(7-9-17)5-4-14-22-19(24)16-10-12-18(13-11-16)21(26)27-3/h6-13H,14H2,1-3H3,(H,22,24). The number of carbonyl (C=O) groups excluding carboxylic acids is 3. The van der Waals surface area contributed by atoms with Crippen molar-refractivity contribution in [2.75, 3.05) is 27.7 Å². The number of methoxy groups -OCH3 is 1. The van der Waals surface area contributed by atoms with Gasteiger partial charge in [-0.05, 0) is 48.5 Å². The van der Waals surface area contributed by atoms with E-state index in [4.69, 9.17) is 0 Å². The Morgan fingerprint density at radius 2 is 1.48 bits per heavy atom. The third-order valence-electron chi connectivity index (χ3n) is 3.68. The average molecular weight is 364 g/mol. The van der Waals surface area contributed by atoms with Gasteiger partial charge in [0.25, 0.3) is 11.8 Å². The molecule has 0 fully saturated rings. The fraction of sp³-hybridized carbons (Fsp3) is 0.190. The molecule has 6 nitrogen and oxygen atoms in total. The van der Waals surface area contributed by atoms with E-state index in [0.717, 1.165) is 5.56 Å². The first kappa shape index (κ1) is 19.7. The lowest BCUT2D eigenvalue weighted by Gasteiger charge is -2.09. The van der Waals surface area contributed by atoms with Crippen LogP contribution in [-0.4, -0.2) is 50.4 Å². The van der Waals surface area contributed by atoms with Crippen LogP contribution in [0.5, 0.6) is 0 Å². The molecule has 0 aliphatic carbocycles. The quantitative estimate of drug-likeness (QED) is 0.665. The SMILES string of the molecule is COC(=O)c1ccc(C(=O)NCC#Cc2ccc(C(=O)N(C)C)cc2)cc1. The lowest BCUT2D eigenvalue weighted by molar-refractivity contribution is 0.0600. The summed E-state index contributed by atoms with van der Waals surface area (Å²) in [7, 11) is 4.69. The number of amides is 2. The van der Waals surface area contributed by atoms with Crippen LogP contribution in [0.25, 0.3) is 0 Å². The molecule has 0 saturated heterocycles. The summed E-state index contributed by atoms with van der Waals surface area (Å²) < 4.78 is 4.61. The van der Waals surface area contributed by atoms with Gasteiger partial charge in [-0.25, -0.2) is 4.79 Å². The molecule has 6 heteroatoms. The topological polar surface area (TPSA) is 75.7 Å². The highest BCUT2D eigenvalue weighted by atomic mass is 16.5. The van der Waals surface area contributed by atoms with Crippen molar-refractivity contribution in [3.8, 4) is 11.8 Å². The van der Waals surface area contributed by atoms with E-state index >= 15 is 0 Å². The van der Waals surface area contributed by atoms with Crippen LogP contribution in [0.4, 0.5) is 0 Å². The van der Waals surface area contributed by atoms with E-state index in [1.54, 1.807) is 50.5 Å². The van der Waals surface area contributed by atoms with Crippen LogP contribution in [0.15, 0.2) is 48.5 Å². The summed E-state index contributed by atoms with van der Waals surface area (Å²) in [4.78, 5) is 36.7. The summed E-state index contributed by atoms with van der Waals surface area (Å²) in [5.74, 6) is 4.98.